The Morgan fingerprint density at radius 2 is 1.80 bits per heavy atom. The van der Waals surface area contributed by atoms with Crippen molar-refractivity contribution in [2.45, 2.75) is 26.7 Å². The van der Waals surface area contributed by atoms with Gasteiger partial charge in [-0.05, 0) is 42.0 Å². The summed E-state index contributed by atoms with van der Waals surface area (Å²) in [6, 6.07) is 8.41. The first-order valence-electron chi connectivity index (χ1n) is 10.1. The fraction of sp³-hybridized carbons (Fsp3) is 0.409. The van der Waals surface area contributed by atoms with Gasteiger partial charge in [0.05, 0.1) is 15.6 Å². The molecule has 1 aliphatic rings. The van der Waals surface area contributed by atoms with Crippen molar-refractivity contribution in [1.82, 2.24) is 9.80 Å². The van der Waals surface area contributed by atoms with Gasteiger partial charge in [-0.2, -0.15) is 0 Å². The lowest BCUT2D eigenvalue weighted by Crippen LogP contribution is -2.50. The van der Waals surface area contributed by atoms with Crippen LogP contribution >= 0.6 is 22.9 Å². The molecule has 8 heteroatoms. The highest BCUT2D eigenvalue weighted by Gasteiger charge is 2.25. The molecule has 0 spiro atoms. The second-order valence-electron chi connectivity index (χ2n) is 7.73. The summed E-state index contributed by atoms with van der Waals surface area (Å²) < 4.78 is 0. The number of rotatable bonds is 6. The fourth-order valence-electron chi connectivity index (χ4n) is 3.26. The minimum atomic E-state index is -0.259. The summed E-state index contributed by atoms with van der Waals surface area (Å²) in [7, 11) is 0. The summed E-state index contributed by atoms with van der Waals surface area (Å²) in [4.78, 5) is 41.7. The zero-order valence-electron chi connectivity index (χ0n) is 17.2. The minimum absolute atomic E-state index is 0.132. The van der Waals surface area contributed by atoms with E-state index in [0.717, 1.165) is 6.42 Å². The van der Waals surface area contributed by atoms with E-state index in [2.05, 4.69) is 19.2 Å². The second kappa shape index (κ2) is 10.1. The summed E-state index contributed by atoms with van der Waals surface area (Å²) in [6.07, 6.45) is 1.43. The highest BCUT2D eigenvalue weighted by molar-refractivity contribution is 7.12. The van der Waals surface area contributed by atoms with Crippen LogP contribution in [-0.4, -0.2) is 53.7 Å². The van der Waals surface area contributed by atoms with Crippen molar-refractivity contribution in [1.29, 1.82) is 0 Å². The van der Waals surface area contributed by atoms with E-state index < -0.39 is 0 Å². The van der Waals surface area contributed by atoms with Gasteiger partial charge in [-0.15, -0.1) is 11.3 Å². The van der Waals surface area contributed by atoms with E-state index >= 15 is 0 Å². The normalized spacial score (nSPS) is 14.1. The highest BCUT2D eigenvalue weighted by Crippen LogP contribution is 2.25. The number of halogens is 1. The number of nitrogens with one attached hydrogen (secondary N) is 1. The van der Waals surface area contributed by atoms with Crippen molar-refractivity contribution >= 4 is 46.3 Å². The van der Waals surface area contributed by atoms with Crippen molar-refractivity contribution in [3.8, 4) is 0 Å². The van der Waals surface area contributed by atoms with Crippen LogP contribution in [0, 0.1) is 5.92 Å². The summed E-state index contributed by atoms with van der Waals surface area (Å²) in [6.45, 7) is 6.27. The second-order valence-corrected chi connectivity index (χ2v) is 9.09. The first-order chi connectivity index (χ1) is 14.3. The minimum Gasteiger partial charge on any atom is -0.339 e. The van der Waals surface area contributed by atoms with Crippen LogP contribution in [-0.2, 0) is 4.79 Å². The number of hydrogen-bond acceptors (Lipinski definition) is 4. The van der Waals surface area contributed by atoms with Crippen LogP contribution in [0.15, 0.2) is 35.7 Å². The van der Waals surface area contributed by atoms with Crippen molar-refractivity contribution in [2.75, 3.05) is 31.5 Å². The number of hydrogen-bond donors (Lipinski definition) is 1. The third-order valence-electron chi connectivity index (χ3n) is 5.06. The number of carbonyl (C=O) groups excluding carboxylic acids is 3. The Morgan fingerprint density at radius 3 is 2.43 bits per heavy atom. The maximum atomic E-state index is 12.9. The molecule has 30 heavy (non-hydrogen) atoms. The van der Waals surface area contributed by atoms with Gasteiger partial charge in [0.1, 0.15) is 0 Å². The third-order valence-corrected chi connectivity index (χ3v) is 6.26. The van der Waals surface area contributed by atoms with Crippen LogP contribution in [0.2, 0.25) is 5.02 Å². The first-order valence-corrected chi connectivity index (χ1v) is 11.3. The summed E-state index contributed by atoms with van der Waals surface area (Å²) in [5.41, 5.74) is 0.865. The van der Waals surface area contributed by atoms with Gasteiger partial charge in [0.25, 0.3) is 11.8 Å². The zero-order valence-corrected chi connectivity index (χ0v) is 18.8. The molecule has 3 rings (SSSR count). The maximum Gasteiger partial charge on any atom is 0.265 e. The Hall–Kier alpha value is -2.38. The molecule has 1 saturated heterocycles. The Bertz CT molecular complexity index is 906. The summed E-state index contributed by atoms with van der Waals surface area (Å²) >= 11 is 7.55. The predicted octanol–water partition coefficient (Wildman–Crippen LogP) is 4.37. The number of benzene rings is 1. The number of thiophene rings is 1. The molecule has 2 aromatic rings. The van der Waals surface area contributed by atoms with Gasteiger partial charge in [-0.1, -0.05) is 31.5 Å². The van der Waals surface area contributed by atoms with Gasteiger partial charge in [0, 0.05) is 38.2 Å². The SMILES string of the molecule is CC(C)CCC(=O)N1CCN(C(=O)c2ccc(Cl)c(NC(=O)c3cccs3)c2)CC1. The zero-order chi connectivity index (χ0) is 21.7. The van der Waals surface area contributed by atoms with Gasteiger partial charge < -0.3 is 15.1 Å². The van der Waals surface area contributed by atoms with E-state index in [-0.39, 0.29) is 17.7 Å². The Kier molecular flexibility index (Phi) is 7.50. The molecule has 1 N–H and O–H groups in total. The molecule has 0 bridgehead atoms. The van der Waals surface area contributed by atoms with E-state index in [9.17, 15) is 14.4 Å². The number of nitrogens with zero attached hydrogens (tertiary/aromatic N) is 2. The molecule has 0 saturated carbocycles. The molecule has 2 heterocycles. The van der Waals surface area contributed by atoms with E-state index in [0.29, 0.717) is 59.7 Å². The topological polar surface area (TPSA) is 69.7 Å². The predicted molar refractivity (Wildman–Crippen MR) is 120 cm³/mol. The van der Waals surface area contributed by atoms with Crippen molar-refractivity contribution in [3.63, 3.8) is 0 Å². The molecule has 3 amide bonds. The lowest BCUT2D eigenvalue weighted by molar-refractivity contribution is -0.132. The van der Waals surface area contributed by atoms with Crippen LogP contribution < -0.4 is 5.32 Å². The number of anilines is 1. The lowest BCUT2D eigenvalue weighted by Gasteiger charge is -2.35. The molecule has 0 unspecified atom stereocenters. The standard InChI is InChI=1S/C22H26ClN3O3S/c1-15(2)5-8-20(27)25-9-11-26(12-10-25)22(29)16-6-7-17(23)18(14-16)24-21(28)19-4-3-13-30-19/h3-4,6-7,13-15H,5,8-12H2,1-2H3,(H,24,28). The van der Waals surface area contributed by atoms with Crippen molar-refractivity contribution in [2.24, 2.45) is 5.92 Å². The molecular weight excluding hydrogens is 422 g/mol. The molecular formula is C22H26ClN3O3S. The number of piperazine rings is 1. The molecule has 0 aliphatic carbocycles. The van der Waals surface area contributed by atoms with E-state index in [1.807, 2.05) is 10.3 Å². The Balaban J connectivity index is 1.61. The van der Waals surface area contributed by atoms with Gasteiger partial charge >= 0.3 is 0 Å². The molecule has 1 aliphatic heterocycles. The van der Waals surface area contributed by atoms with Gasteiger partial charge in [0.15, 0.2) is 0 Å². The summed E-state index contributed by atoms with van der Waals surface area (Å²) in [5.74, 6) is 0.259. The molecule has 160 valence electrons. The maximum absolute atomic E-state index is 12.9. The summed E-state index contributed by atoms with van der Waals surface area (Å²) in [5, 5.41) is 4.97. The van der Waals surface area contributed by atoms with Crippen molar-refractivity contribution < 1.29 is 14.4 Å². The smallest absolute Gasteiger partial charge is 0.265 e. The average molecular weight is 448 g/mol. The van der Waals surface area contributed by atoms with Gasteiger partial charge in [-0.3, -0.25) is 14.4 Å². The van der Waals surface area contributed by atoms with Crippen LogP contribution in [0.25, 0.3) is 0 Å². The van der Waals surface area contributed by atoms with E-state index in [1.165, 1.54) is 11.3 Å². The van der Waals surface area contributed by atoms with E-state index in [4.69, 9.17) is 11.6 Å². The van der Waals surface area contributed by atoms with Crippen molar-refractivity contribution in [3.05, 3.63) is 51.2 Å². The molecule has 6 nitrogen and oxygen atoms in total. The van der Waals surface area contributed by atoms with Crippen LogP contribution in [0.3, 0.4) is 0 Å². The quantitative estimate of drug-likeness (QED) is 0.714. The lowest BCUT2D eigenvalue weighted by atomic mass is 10.1. The first kappa shape index (κ1) is 22.3. The monoisotopic (exact) mass is 447 g/mol. The van der Waals surface area contributed by atoms with Crippen LogP contribution in [0.1, 0.15) is 46.7 Å². The molecule has 0 atom stereocenters. The largest absolute Gasteiger partial charge is 0.339 e. The third kappa shape index (κ3) is 5.61. The average Bonchev–Trinajstić information content (AvgIpc) is 3.28. The van der Waals surface area contributed by atoms with Crippen LogP contribution in [0.4, 0.5) is 5.69 Å². The Labute approximate surface area is 185 Å². The molecule has 1 aromatic carbocycles. The highest BCUT2D eigenvalue weighted by atomic mass is 35.5. The molecule has 0 radical (unpaired) electrons. The van der Waals surface area contributed by atoms with Gasteiger partial charge in [-0.25, -0.2) is 0 Å². The fourth-order valence-corrected chi connectivity index (χ4v) is 4.04. The molecule has 1 aromatic heterocycles. The van der Waals surface area contributed by atoms with Crippen LogP contribution in [0.5, 0.6) is 0 Å². The van der Waals surface area contributed by atoms with Gasteiger partial charge in [0.2, 0.25) is 5.91 Å². The van der Waals surface area contributed by atoms with E-state index in [1.54, 1.807) is 35.2 Å². The number of carbonyl (C=O) groups is 3. The molecule has 1 fully saturated rings. The number of amides is 3. The Morgan fingerprint density at radius 1 is 1.10 bits per heavy atom.